The van der Waals surface area contributed by atoms with Gasteiger partial charge in [0.1, 0.15) is 5.75 Å². The van der Waals surface area contributed by atoms with Crippen molar-refractivity contribution < 1.29 is 9.53 Å². The molecule has 0 radical (unpaired) electrons. The van der Waals surface area contributed by atoms with E-state index in [-0.39, 0.29) is 5.78 Å². The number of halogens is 1. The first-order chi connectivity index (χ1) is 10.2. The fourth-order valence-corrected chi connectivity index (χ4v) is 2.37. The van der Waals surface area contributed by atoms with Gasteiger partial charge in [-0.05, 0) is 30.3 Å². The van der Waals surface area contributed by atoms with E-state index < -0.39 is 0 Å². The summed E-state index contributed by atoms with van der Waals surface area (Å²) in [6.07, 6.45) is 1.58. The zero-order chi connectivity index (χ0) is 14.8. The van der Waals surface area contributed by atoms with Crippen molar-refractivity contribution in [3.63, 3.8) is 0 Å². The van der Waals surface area contributed by atoms with Crippen LogP contribution in [0.4, 0.5) is 0 Å². The summed E-state index contributed by atoms with van der Waals surface area (Å²) in [5, 5.41) is 1.45. The molecule has 0 spiro atoms. The lowest BCUT2D eigenvalue weighted by molar-refractivity contribution is 0.103. The van der Waals surface area contributed by atoms with Crippen LogP contribution in [0, 0.1) is 0 Å². The van der Waals surface area contributed by atoms with E-state index in [4.69, 9.17) is 16.3 Å². The van der Waals surface area contributed by atoms with E-state index in [9.17, 15) is 4.79 Å². The summed E-state index contributed by atoms with van der Waals surface area (Å²) in [7, 11) is 1.51. The second-order valence-electron chi connectivity index (χ2n) is 4.59. The summed E-state index contributed by atoms with van der Waals surface area (Å²) >= 11 is 5.92. The minimum Gasteiger partial charge on any atom is -0.496 e. The molecule has 0 aliphatic rings. The molecule has 1 heterocycles. The summed E-state index contributed by atoms with van der Waals surface area (Å²) in [6, 6.07) is 14.5. The average molecular weight is 298 g/mol. The summed E-state index contributed by atoms with van der Waals surface area (Å²) in [4.78, 5) is 16.9. The van der Waals surface area contributed by atoms with Gasteiger partial charge in [0.25, 0.3) is 0 Å². The molecule has 3 rings (SSSR count). The number of hydrogen-bond donors (Lipinski definition) is 0. The van der Waals surface area contributed by atoms with E-state index in [1.54, 1.807) is 24.4 Å². The number of aromatic nitrogens is 1. The molecular formula is C17H12ClNO2. The summed E-state index contributed by atoms with van der Waals surface area (Å²) in [5.41, 5.74) is 1.85. The molecule has 0 saturated heterocycles. The van der Waals surface area contributed by atoms with Crippen LogP contribution in [-0.2, 0) is 0 Å². The van der Waals surface area contributed by atoms with Crippen molar-refractivity contribution in [2.24, 2.45) is 0 Å². The maximum Gasteiger partial charge on any atom is 0.198 e. The number of ketones is 1. The monoisotopic (exact) mass is 297 g/mol. The average Bonchev–Trinajstić information content (AvgIpc) is 2.53. The van der Waals surface area contributed by atoms with Gasteiger partial charge in [-0.2, -0.15) is 0 Å². The van der Waals surface area contributed by atoms with Crippen LogP contribution in [0.15, 0.2) is 54.7 Å². The first-order valence-electron chi connectivity index (χ1n) is 6.42. The van der Waals surface area contributed by atoms with Gasteiger partial charge < -0.3 is 4.74 Å². The predicted octanol–water partition coefficient (Wildman–Crippen LogP) is 4.13. The van der Waals surface area contributed by atoms with E-state index >= 15 is 0 Å². The van der Waals surface area contributed by atoms with Gasteiger partial charge in [-0.1, -0.05) is 29.8 Å². The maximum absolute atomic E-state index is 12.6. The Labute approximate surface area is 127 Å². The van der Waals surface area contributed by atoms with Crippen molar-refractivity contribution in [1.82, 2.24) is 4.98 Å². The lowest BCUT2D eigenvalue weighted by Crippen LogP contribution is -2.04. The molecule has 1 aromatic heterocycles. The Bertz CT molecular complexity index is 830. The SMILES string of the molecule is COc1cc(Cl)ccc1C(=O)c1cnc2ccccc2c1. The third kappa shape index (κ3) is 2.60. The van der Waals surface area contributed by atoms with Crippen LogP contribution < -0.4 is 4.74 Å². The smallest absolute Gasteiger partial charge is 0.198 e. The van der Waals surface area contributed by atoms with Gasteiger partial charge in [-0.3, -0.25) is 9.78 Å². The first kappa shape index (κ1) is 13.6. The summed E-state index contributed by atoms with van der Waals surface area (Å²) < 4.78 is 5.23. The third-order valence-corrected chi connectivity index (χ3v) is 3.50. The largest absolute Gasteiger partial charge is 0.496 e. The number of benzene rings is 2. The van der Waals surface area contributed by atoms with E-state index in [1.807, 2.05) is 30.3 Å². The Hall–Kier alpha value is -2.39. The Morgan fingerprint density at radius 3 is 2.76 bits per heavy atom. The van der Waals surface area contributed by atoms with Crippen molar-refractivity contribution in [1.29, 1.82) is 0 Å². The normalized spacial score (nSPS) is 10.6. The fraction of sp³-hybridized carbons (Fsp3) is 0.0588. The molecule has 0 amide bonds. The van der Waals surface area contributed by atoms with E-state index in [1.165, 1.54) is 7.11 Å². The number of carbonyl (C=O) groups excluding carboxylic acids is 1. The third-order valence-electron chi connectivity index (χ3n) is 3.26. The van der Waals surface area contributed by atoms with Crippen molar-refractivity contribution in [3.05, 3.63) is 70.9 Å². The predicted molar refractivity (Wildman–Crippen MR) is 83.2 cm³/mol. The van der Waals surface area contributed by atoms with Crippen molar-refractivity contribution >= 4 is 28.3 Å². The molecule has 0 N–H and O–H groups in total. The minimum atomic E-state index is -0.137. The molecule has 0 unspecified atom stereocenters. The van der Waals surface area contributed by atoms with Gasteiger partial charge >= 0.3 is 0 Å². The zero-order valence-corrected chi connectivity index (χ0v) is 12.1. The summed E-state index contributed by atoms with van der Waals surface area (Å²) in [6.45, 7) is 0. The van der Waals surface area contributed by atoms with Crippen LogP contribution in [0.2, 0.25) is 5.02 Å². The molecule has 3 nitrogen and oxygen atoms in total. The van der Waals surface area contributed by atoms with Crippen molar-refractivity contribution in [2.75, 3.05) is 7.11 Å². The van der Waals surface area contributed by atoms with Crippen LogP contribution in [0.5, 0.6) is 5.75 Å². The lowest BCUT2D eigenvalue weighted by Gasteiger charge is -2.08. The minimum absolute atomic E-state index is 0.137. The zero-order valence-electron chi connectivity index (χ0n) is 11.3. The summed E-state index contributed by atoms with van der Waals surface area (Å²) in [5.74, 6) is 0.322. The number of rotatable bonds is 3. The van der Waals surface area contributed by atoms with E-state index in [2.05, 4.69) is 4.98 Å². The first-order valence-corrected chi connectivity index (χ1v) is 6.80. The molecule has 0 fully saturated rings. The van der Waals surface area contributed by atoms with Crippen molar-refractivity contribution in [3.8, 4) is 5.75 Å². The number of fused-ring (bicyclic) bond motifs is 1. The Kier molecular flexibility index (Phi) is 3.59. The Morgan fingerprint density at radius 2 is 1.95 bits per heavy atom. The molecule has 0 aliphatic heterocycles. The van der Waals surface area contributed by atoms with Gasteiger partial charge in [0.05, 0.1) is 18.2 Å². The number of para-hydroxylation sites is 1. The van der Waals surface area contributed by atoms with Crippen LogP contribution in [0.25, 0.3) is 10.9 Å². The fourth-order valence-electron chi connectivity index (χ4n) is 2.20. The van der Waals surface area contributed by atoms with Gasteiger partial charge in [0.15, 0.2) is 5.78 Å². The number of carbonyl (C=O) groups is 1. The van der Waals surface area contributed by atoms with Crippen LogP contribution in [0.1, 0.15) is 15.9 Å². The standard InChI is InChI=1S/C17H12ClNO2/c1-21-16-9-13(18)6-7-14(16)17(20)12-8-11-4-2-3-5-15(11)19-10-12/h2-10H,1H3. The molecule has 0 atom stereocenters. The quantitative estimate of drug-likeness (QED) is 0.682. The number of ether oxygens (including phenoxy) is 1. The number of pyridine rings is 1. The van der Waals surface area contributed by atoms with Gasteiger partial charge in [0.2, 0.25) is 0 Å². The highest BCUT2D eigenvalue weighted by Gasteiger charge is 2.15. The molecular weight excluding hydrogens is 286 g/mol. The Balaban J connectivity index is 2.08. The number of hydrogen-bond acceptors (Lipinski definition) is 3. The molecule has 104 valence electrons. The van der Waals surface area contributed by atoms with Crippen LogP contribution >= 0.6 is 11.6 Å². The number of methoxy groups -OCH3 is 1. The Morgan fingerprint density at radius 1 is 1.14 bits per heavy atom. The lowest BCUT2D eigenvalue weighted by atomic mass is 10.0. The molecule has 0 bridgehead atoms. The molecule has 2 aromatic carbocycles. The maximum atomic E-state index is 12.6. The second kappa shape index (κ2) is 5.54. The topological polar surface area (TPSA) is 39.2 Å². The van der Waals surface area contributed by atoms with Gasteiger partial charge in [-0.25, -0.2) is 0 Å². The van der Waals surface area contributed by atoms with E-state index in [0.717, 1.165) is 10.9 Å². The highest BCUT2D eigenvalue weighted by atomic mass is 35.5. The van der Waals surface area contributed by atoms with Crippen LogP contribution in [0.3, 0.4) is 0 Å². The number of nitrogens with zero attached hydrogens (tertiary/aromatic N) is 1. The molecule has 3 aromatic rings. The van der Waals surface area contributed by atoms with E-state index in [0.29, 0.717) is 21.9 Å². The highest BCUT2D eigenvalue weighted by molar-refractivity contribution is 6.31. The molecule has 4 heteroatoms. The second-order valence-corrected chi connectivity index (χ2v) is 5.03. The molecule has 21 heavy (non-hydrogen) atoms. The molecule has 0 saturated carbocycles. The van der Waals surface area contributed by atoms with Crippen LogP contribution in [-0.4, -0.2) is 17.9 Å². The van der Waals surface area contributed by atoms with Crippen molar-refractivity contribution in [2.45, 2.75) is 0 Å². The van der Waals surface area contributed by atoms with Gasteiger partial charge in [-0.15, -0.1) is 0 Å². The highest BCUT2D eigenvalue weighted by Crippen LogP contribution is 2.26. The molecule has 0 aliphatic carbocycles. The van der Waals surface area contributed by atoms with Gasteiger partial charge in [0, 0.05) is 22.2 Å².